The minimum Gasteiger partial charge on any atom is -0.445 e. The second kappa shape index (κ2) is 18.3. The molecule has 286 valence electrons. The first-order chi connectivity index (χ1) is 25.9. The van der Waals surface area contributed by atoms with Gasteiger partial charge in [0.25, 0.3) is 11.4 Å². The van der Waals surface area contributed by atoms with E-state index in [1.54, 1.807) is 17.0 Å². The lowest BCUT2D eigenvalue weighted by atomic mass is 9.99. The van der Waals surface area contributed by atoms with Crippen LogP contribution in [0.4, 0.5) is 21.0 Å². The van der Waals surface area contributed by atoms with Gasteiger partial charge < -0.3 is 30.1 Å². The first-order valence-electron chi connectivity index (χ1n) is 17.2. The summed E-state index contributed by atoms with van der Waals surface area (Å²) in [5.41, 5.74) is 1.66. The lowest BCUT2D eigenvalue weighted by molar-refractivity contribution is -0.385. The number of thiol groups is 1. The molecular formula is C36H40N6O11S. The molecule has 54 heavy (non-hydrogen) atoms. The molecule has 17 nitrogen and oxygen atoms in total. The average Bonchev–Trinajstić information content (AvgIpc) is 3.79. The van der Waals surface area contributed by atoms with Crippen molar-refractivity contribution >= 4 is 48.0 Å². The minimum atomic E-state index is -1.31. The summed E-state index contributed by atoms with van der Waals surface area (Å²) in [6, 6.07) is 18.0. The van der Waals surface area contributed by atoms with E-state index in [9.17, 15) is 44.5 Å². The van der Waals surface area contributed by atoms with Gasteiger partial charge in [0.05, 0.1) is 28.4 Å². The van der Waals surface area contributed by atoms with E-state index in [2.05, 4.69) is 23.3 Å². The van der Waals surface area contributed by atoms with Gasteiger partial charge in [0.15, 0.2) is 0 Å². The number of benzene rings is 3. The van der Waals surface area contributed by atoms with E-state index in [1.807, 2.05) is 18.2 Å². The van der Waals surface area contributed by atoms with Crippen molar-refractivity contribution in [1.29, 1.82) is 0 Å². The molecule has 2 aliphatic rings. The van der Waals surface area contributed by atoms with Crippen molar-refractivity contribution in [3.63, 3.8) is 0 Å². The molecule has 0 spiro atoms. The predicted molar refractivity (Wildman–Crippen MR) is 195 cm³/mol. The molecule has 0 aliphatic carbocycles. The van der Waals surface area contributed by atoms with Gasteiger partial charge in [-0.05, 0) is 60.2 Å². The number of non-ortho nitro benzene ring substituents is 2. The van der Waals surface area contributed by atoms with Crippen LogP contribution in [-0.4, -0.2) is 97.9 Å². The number of nitrogens with zero attached hydrogens (tertiary/aromatic N) is 4. The Bertz CT molecular complexity index is 1820. The largest absolute Gasteiger partial charge is 0.445 e. The van der Waals surface area contributed by atoms with Gasteiger partial charge in [-0.1, -0.05) is 30.3 Å². The molecule has 3 aromatic rings. The third kappa shape index (κ3) is 10.9. The molecule has 5 atom stereocenters. The van der Waals surface area contributed by atoms with Crippen molar-refractivity contribution in [2.75, 3.05) is 19.6 Å². The zero-order chi connectivity index (χ0) is 38.8. The maximum absolute atomic E-state index is 13.6. The number of aliphatic hydroxyl groups excluding tert-OH is 1. The molecule has 18 heteroatoms. The van der Waals surface area contributed by atoms with Crippen LogP contribution >= 0.6 is 12.6 Å². The molecule has 2 fully saturated rings. The van der Waals surface area contributed by atoms with E-state index in [0.29, 0.717) is 30.5 Å². The number of hydrogen-bond donors (Lipinski definition) is 4. The van der Waals surface area contributed by atoms with Crippen LogP contribution in [0, 0.1) is 20.2 Å². The fourth-order valence-corrected chi connectivity index (χ4v) is 6.68. The van der Waals surface area contributed by atoms with E-state index < -0.39 is 52.2 Å². The van der Waals surface area contributed by atoms with Crippen LogP contribution in [0.1, 0.15) is 36.0 Å². The number of carbonyl (C=O) groups excluding carboxylic acids is 4. The lowest BCUT2D eigenvalue weighted by Crippen LogP contribution is -2.49. The number of likely N-dealkylation sites (tertiary alicyclic amines) is 2. The van der Waals surface area contributed by atoms with Crippen LogP contribution in [0.25, 0.3) is 0 Å². The number of nitro groups is 2. The van der Waals surface area contributed by atoms with Crippen LogP contribution < -0.4 is 10.6 Å². The third-order valence-electron chi connectivity index (χ3n) is 9.15. The first kappa shape index (κ1) is 39.5. The van der Waals surface area contributed by atoms with Crippen LogP contribution in [-0.2, 0) is 38.7 Å². The molecule has 2 aliphatic heterocycles. The zero-order valence-corrected chi connectivity index (χ0v) is 29.9. The van der Waals surface area contributed by atoms with E-state index in [1.165, 1.54) is 53.4 Å². The predicted octanol–water partition coefficient (Wildman–Crippen LogP) is 3.52. The molecule has 5 rings (SSSR count). The Balaban J connectivity index is 1.11. The summed E-state index contributed by atoms with van der Waals surface area (Å²) in [5, 5.41) is 38.2. The zero-order valence-electron chi connectivity index (χ0n) is 29.0. The van der Waals surface area contributed by atoms with E-state index in [4.69, 9.17) is 9.47 Å². The third-order valence-corrected chi connectivity index (χ3v) is 9.52. The Morgan fingerprint density at radius 1 is 0.852 bits per heavy atom. The lowest BCUT2D eigenvalue weighted by Gasteiger charge is -2.27. The first-order valence-corrected chi connectivity index (χ1v) is 17.7. The second-order valence-electron chi connectivity index (χ2n) is 13.1. The van der Waals surface area contributed by atoms with E-state index in [-0.39, 0.29) is 61.7 Å². The maximum Gasteiger partial charge on any atom is 0.410 e. The highest BCUT2D eigenvalue weighted by Gasteiger charge is 2.42. The summed E-state index contributed by atoms with van der Waals surface area (Å²) < 4.78 is 10.7. The van der Waals surface area contributed by atoms with Crippen molar-refractivity contribution < 1.29 is 43.6 Å². The Kier molecular flexibility index (Phi) is 13.4. The highest BCUT2D eigenvalue weighted by Crippen LogP contribution is 2.26. The molecule has 0 bridgehead atoms. The Morgan fingerprint density at radius 2 is 1.44 bits per heavy atom. The van der Waals surface area contributed by atoms with Gasteiger partial charge in [0.2, 0.25) is 11.8 Å². The van der Waals surface area contributed by atoms with Crippen LogP contribution in [0.3, 0.4) is 0 Å². The van der Waals surface area contributed by atoms with Crippen molar-refractivity contribution in [2.45, 2.75) is 68.4 Å². The number of rotatable bonds is 14. The quantitative estimate of drug-likeness (QED) is 0.106. The average molecular weight is 765 g/mol. The second-order valence-corrected chi connectivity index (χ2v) is 13.8. The monoisotopic (exact) mass is 764 g/mol. The minimum absolute atomic E-state index is 0.0918. The van der Waals surface area contributed by atoms with Gasteiger partial charge in [-0.3, -0.25) is 34.7 Å². The Labute approximate surface area is 315 Å². The van der Waals surface area contributed by atoms with E-state index in [0.717, 1.165) is 5.56 Å². The molecule has 0 radical (unpaired) electrons. The fraction of sp³-hybridized carbons (Fsp3) is 0.389. The van der Waals surface area contributed by atoms with Crippen molar-refractivity contribution in [3.05, 3.63) is 116 Å². The van der Waals surface area contributed by atoms with Gasteiger partial charge in [-0.25, -0.2) is 9.59 Å². The van der Waals surface area contributed by atoms with Crippen LogP contribution in [0.5, 0.6) is 0 Å². The molecule has 2 heterocycles. The normalized spacial score (nSPS) is 19.0. The van der Waals surface area contributed by atoms with Gasteiger partial charge >= 0.3 is 12.2 Å². The molecule has 2 saturated heterocycles. The number of alkyl carbamates (subject to hydrolysis) is 1. The van der Waals surface area contributed by atoms with Gasteiger partial charge in [-0.2, -0.15) is 12.6 Å². The van der Waals surface area contributed by atoms with Gasteiger partial charge in [0.1, 0.15) is 19.3 Å². The summed E-state index contributed by atoms with van der Waals surface area (Å²) in [6.45, 7) is 0.380. The highest BCUT2D eigenvalue weighted by atomic mass is 32.1. The topological polar surface area (TPSA) is 224 Å². The summed E-state index contributed by atoms with van der Waals surface area (Å²) in [7, 11) is 0. The molecule has 0 saturated carbocycles. The standard InChI is InChI=1S/C36H40N6O11S/c43-32(30(16-23-4-2-1-3-5-23)38-35(46)52-21-24-6-10-27(11-7-24)41(48)49)18-33(44)37-26-14-15-39(19-26)34(45)31-17-29(54)20-40(31)36(47)53-22-25-8-12-28(13-9-25)42(50)51/h1-13,26,29-32,43,54H,14-22H2,(H,37,44)(H,38,46)/t26-,29-,30?,31-,32?/m0/s1. The molecular weight excluding hydrogens is 724 g/mol. The maximum atomic E-state index is 13.6. The number of aliphatic hydroxyl groups is 1. The highest BCUT2D eigenvalue weighted by molar-refractivity contribution is 7.81. The summed E-state index contributed by atoms with van der Waals surface area (Å²) in [5.74, 6) is -0.802. The summed E-state index contributed by atoms with van der Waals surface area (Å²) in [6.07, 6.45) is -2.30. The van der Waals surface area contributed by atoms with Gasteiger partial charge in [-0.15, -0.1) is 0 Å². The molecule has 0 aromatic heterocycles. The summed E-state index contributed by atoms with van der Waals surface area (Å²) >= 11 is 4.49. The Morgan fingerprint density at radius 3 is 2.04 bits per heavy atom. The Hall–Kier alpha value is -5.75. The molecule has 3 N–H and O–H groups in total. The number of nitrogens with one attached hydrogen (secondary N) is 2. The number of ether oxygens (including phenoxy) is 2. The van der Waals surface area contributed by atoms with Crippen LogP contribution in [0.2, 0.25) is 0 Å². The SMILES string of the molecule is O=C(CC(O)C(Cc1ccccc1)NC(=O)OCc1ccc([N+](=O)[O-])cc1)N[C@H]1CCN(C(=O)[C@@H]2C[C@H](S)CN2C(=O)OCc2ccc([N+](=O)[O-])cc2)C1. The smallest absolute Gasteiger partial charge is 0.410 e. The van der Waals surface area contributed by atoms with Crippen molar-refractivity contribution in [1.82, 2.24) is 20.4 Å². The van der Waals surface area contributed by atoms with Crippen molar-refractivity contribution in [3.8, 4) is 0 Å². The number of nitro benzene ring substituents is 2. The number of hydrogen-bond acceptors (Lipinski definition) is 12. The summed E-state index contributed by atoms with van der Waals surface area (Å²) in [4.78, 5) is 76.1. The fourth-order valence-electron chi connectivity index (χ4n) is 6.31. The molecule has 3 aromatic carbocycles. The van der Waals surface area contributed by atoms with Crippen molar-refractivity contribution in [2.24, 2.45) is 0 Å². The van der Waals surface area contributed by atoms with Gasteiger partial charge in [0, 0.05) is 55.2 Å². The molecule has 2 unspecified atom stereocenters. The van der Waals surface area contributed by atoms with Crippen LogP contribution in [0.15, 0.2) is 78.9 Å². The molecule has 4 amide bonds. The van der Waals surface area contributed by atoms with E-state index >= 15 is 0 Å². The number of carbonyl (C=O) groups is 4. The number of amides is 4.